The molecule has 1 aliphatic carbocycles. The van der Waals surface area contributed by atoms with Crippen molar-refractivity contribution in [1.82, 2.24) is 15.3 Å². The van der Waals surface area contributed by atoms with Crippen LogP contribution in [0.3, 0.4) is 0 Å². The van der Waals surface area contributed by atoms with Crippen LogP contribution in [0.25, 0.3) is 0 Å². The van der Waals surface area contributed by atoms with Crippen LogP contribution >= 0.6 is 0 Å². The average molecular weight is 277 g/mol. The van der Waals surface area contributed by atoms with Gasteiger partial charge >= 0.3 is 6.01 Å². The molecule has 2 aliphatic rings. The highest BCUT2D eigenvalue weighted by Crippen LogP contribution is 2.20. The van der Waals surface area contributed by atoms with Crippen molar-refractivity contribution < 1.29 is 9.47 Å². The van der Waals surface area contributed by atoms with Gasteiger partial charge in [-0.15, -0.1) is 0 Å². The highest BCUT2D eigenvalue weighted by molar-refractivity contribution is 5.18. The number of rotatable bonds is 6. The van der Waals surface area contributed by atoms with E-state index in [2.05, 4.69) is 15.3 Å². The quantitative estimate of drug-likeness (QED) is 0.861. The van der Waals surface area contributed by atoms with Gasteiger partial charge in [-0.3, -0.25) is 0 Å². The average Bonchev–Trinajstić information content (AvgIpc) is 3.29. The molecule has 1 saturated carbocycles. The molecule has 3 rings (SSSR count). The van der Waals surface area contributed by atoms with Gasteiger partial charge < -0.3 is 14.8 Å². The Hall–Kier alpha value is -1.20. The Morgan fingerprint density at radius 3 is 2.95 bits per heavy atom. The molecule has 110 valence electrons. The number of nitrogens with one attached hydrogen (secondary N) is 1. The zero-order chi connectivity index (χ0) is 13.8. The third kappa shape index (κ3) is 3.90. The van der Waals surface area contributed by atoms with Crippen molar-refractivity contribution in [3.8, 4) is 6.01 Å². The molecule has 0 bridgehead atoms. The second-order valence-corrected chi connectivity index (χ2v) is 5.72. The molecule has 5 nitrogen and oxygen atoms in total. The molecule has 20 heavy (non-hydrogen) atoms. The minimum Gasteiger partial charge on any atom is -0.461 e. The van der Waals surface area contributed by atoms with Crippen LogP contribution in [0.15, 0.2) is 6.20 Å². The minimum atomic E-state index is 0.198. The molecule has 5 heteroatoms. The van der Waals surface area contributed by atoms with Gasteiger partial charge in [-0.25, -0.2) is 9.97 Å². The summed E-state index contributed by atoms with van der Waals surface area (Å²) in [5.74, 6) is 0. The lowest BCUT2D eigenvalue weighted by Crippen LogP contribution is -2.26. The smallest absolute Gasteiger partial charge is 0.316 e. The molecular weight excluding hydrogens is 254 g/mol. The first-order valence-corrected chi connectivity index (χ1v) is 7.61. The van der Waals surface area contributed by atoms with E-state index in [1.807, 2.05) is 13.1 Å². The Morgan fingerprint density at radius 2 is 2.25 bits per heavy atom. The van der Waals surface area contributed by atoms with Crippen molar-refractivity contribution >= 4 is 0 Å². The van der Waals surface area contributed by atoms with E-state index in [1.165, 1.54) is 19.3 Å². The summed E-state index contributed by atoms with van der Waals surface area (Å²) < 4.78 is 11.3. The zero-order valence-electron chi connectivity index (χ0n) is 12.1. The summed E-state index contributed by atoms with van der Waals surface area (Å²) in [6.07, 6.45) is 8.11. The van der Waals surface area contributed by atoms with E-state index in [9.17, 15) is 0 Å². The maximum atomic E-state index is 5.65. The molecule has 1 aliphatic heterocycles. The molecule has 1 N–H and O–H groups in total. The third-order valence-corrected chi connectivity index (χ3v) is 3.89. The number of hydrogen-bond donors (Lipinski definition) is 1. The number of ether oxygens (including phenoxy) is 2. The fraction of sp³-hybridized carbons (Fsp3) is 0.733. The normalized spacial score (nSPS) is 22.8. The maximum Gasteiger partial charge on any atom is 0.316 e. The summed E-state index contributed by atoms with van der Waals surface area (Å²) in [7, 11) is 0. The lowest BCUT2D eigenvalue weighted by molar-refractivity contribution is -0.0129. The summed E-state index contributed by atoms with van der Waals surface area (Å²) in [6, 6.07) is 1.17. The van der Waals surface area contributed by atoms with Gasteiger partial charge in [0.1, 0.15) is 6.61 Å². The van der Waals surface area contributed by atoms with Gasteiger partial charge in [0.2, 0.25) is 0 Å². The fourth-order valence-electron chi connectivity index (χ4n) is 2.36. The van der Waals surface area contributed by atoms with Gasteiger partial charge in [0.05, 0.1) is 6.10 Å². The van der Waals surface area contributed by atoms with Crippen molar-refractivity contribution in [2.45, 2.75) is 57.7 Å². The fourth-order valence-corrected chi connectivity index (χ4v) is 2.36. The number of aromatic nitrogens is 2. The molecule has 1 aromatic heterocycles. The summed E-state index contributed by atoms with van der Waals surface area (Å²) in [5.41, 5.74) is 2.14. The first-order valence-electron chi connectivity index (χ1n) is 7.61. The highest BCUT2D eigenvalue weighted by atomic mass is 16.5. The maximum absolute atomic E-state index is 5.65. The molecule has 1 aromatic rings. The topological polar surface area (TPSA) is 56.3 Å². The van der Waals surface area contributed by atoms with Crippen LogP contribution < -0.4 is 10.1 Å². The predicted molar refractivity (Wildman–Crippen MR) is 75.7 cm³/mol. The second kappa shape index (κ2) is 6.50. The van der Waals surface area contributed by atoms with Gasteiger partial charge in [0.15, 0.2) is 0 Å². The molecule has 2 fully saturated rings. The molecule has 0 amide bonds. The Kier molecular flexibility index (Phi) is 4.47. The van der Waals surface area contributed by atoms with Gasteiger partial charge in [-0.05, 0) is 39.0 Å². The first kappa shape index (κ1) is 13.8. The van der Waals surface area contributed by atoms with Crippen LogP contribution in [0, 0.1) is 6.92 Å². The first-order chi connectivity index (χ1) is 9.81. The van der Waals surface area contributed by atoms with Crippen molar-refractivity contribution in [2.24, 2.45) is 0 Å². The van der Waals surface area contributed by atoms with Crippen LogP contribution in [0.2, 0.25) is 0 Å². The molecule has 1 atom stereocenters. The minimum absolute atomic E-state index is 0.198. The largest absolute Gasteiger partial charge is 0.461 e. The van der Waals surface area contributed by atoms with E-state index < -0.39 is 0 Å². The van der Waals surface area contributed by atoms with Crippen molar-refractivity contribution in [2.75, 3.05) is 13.2 Å². The van der Waals surface area contributed by atoms with E-state index >= 15 is 0 Å². The molecule has 0 radical (unpaired) electrons. The van der Waals surface area contributed by atoms with Crippen LogP contribution in [0.4, 0.5) is 0 Å². The lowest BCUT2D eigenvalue weighted by Gasteiger charge is -2.22. The van der Waals surface area contributed by atoms with E-state index in [4.69, 9.17) is 9.47 Å². The summed E-state index contributed by atoms with van der Waals surface area (Å²) in [6.45, 7) is 4.26. The number of nitrogens with zero attached hydrogens (tertiary/aromatic N) is 2. The molecule has 2 heterocycles. The second-order valence-electron chi connectivity index (χ2n) is 5.72. The molecular formula is C15H23N3O2. The molecule has 1 saturated heterocycles. The number of hydrogen-bond acceptors (Lipinski definition) is 5. The van der Waals surface area contributed by atoms with E-state index in [-0.39, 0.29) is 6.10 Å². The van der Waals surface area contributed by atoms with Gasteiger partial charge in [0.25, 0.3) is 0 Å². The van der Waals surface area contributed by atoms with Gasteiger partial charge in [0, 0.05) is 36.6 Å². The SMILES string of the molecule is Cc1nc(OCC2CCCCO2)ncc1CNC1CC1. The Bertz CT molecular complexity index is 443. The van der Waals surface area contributed by atoms with Crippen LogP contribution in [-0.4, -0.2) is 35.3 Å². The van der Waals surface area contributed by atoms with Crippen LogP contribution in [0.5, 0.6) is 6.01 Å². The van der Waals surface area contributed by atoms with E-state index in [1.54, 1.807) is 0 Å². The van der Waals surface area contributed by atoms with Crippen molar-refractivity contribution in [1.29, 1.82) is 0 Å². The highest BCUT2D eigenvalue weighted by Gasteiger charge is 2.20. The Labute approximate surface area is 120 Å². The van der Waals surface area contributed by atoms with Crippen molar-refractivity contribution in [3.63, 3.8) is 0 Å². The number of aryl methyl sites for hydroxylation is 1. The van der Waals surface area contributed by atoms with Gasteiger partial charge in [-0.2, -0.15) is 0 Å². The van der Waals surface area contributed by atoms with E-state index in [0.29, 0.717) is 18.7 Å². The molecule has 0 aromatic carbocycles. The van der Waals surface area contributed by atoms with Crippen LogP contribution in [0.1, 0.15) is 43.4 Å². The summed E-state index contributed by atoms with van der Waals surface area (Å²) >= 11 is 0. The Balaban J connectivity index is 1.49. The molecule has 0 spiro atoms. The summed E-state index contributed by atoms with van der Waals surface area (Å²) in [4.78, 5) is 8.72. The standard InChI is InChI=1S/C15H23N3O2/c1-11-12(8-16-13-5-6-13)9-17-15(18-11)20-10-14-4-2-3-7-19-14/h9,13-14,16H,2-8,10H2,1H3. The van der Waals surface area contributed by atoms with Crippen molar-refractivity contribution in [3.05, 3.63) is 17.5 Å². The van der Waals surface area contributed by atoms with Gasteiger partial charge in [-0.1, -0.05) is 0 Å². The molecule has 1 unspecified atom stereocenters. The predicted octanol–water partition coefficient (Wildman–Crippen LogP) is 1.98. The van der Waals surface area contributed by atoms with Crippen LogP contribution in [-0.2, 0) is 11.3 Å². The van der Waals surface area contributed by atoms with E-state index in [0.717, 1.165) is 37.3 Å². The lowest BCUT2D eigenvalue weighted by atomic mass is 10.1. The summed E-state index contributed by atoms with van der Waals surface area (Å²) in [5, 5.41) is 3.48. The zero-order valence-corrected chi connectivity index (χ0v) is 12.1. The monoisotopic (exact) mass is 277 g/mol. The Morgan fingerprint density at radius 1 is 1.35 bits per heavy atom. The third-order valence-electron chi connectivity index (χ3n) is 3.89.